The van der Waals surface area contributed by atoms with E-state index in [0.29, 0.717) is 10.3 Å². The van der Waals surface area contributed by atoms with Crippen LogP contribution in [0.2, 0.25) is 10.3 Å². The summed E-state index contributed by atoms with van der Waals surface area (Å²) in [7, 11) is 0. The highest BCUT2D eigenvalue weighted by Gasteiger charge is 2.22. The molecule has 1 unspecified atom stereocenters. The van der Waals surface area contributed by atoms with E-state index in [4.69, 9.17) is 23.2 Å². The first-order valence-corrected chi connectivity index (χ1v) is 9.60. The van der Waals surface area contributed by atoms with Gasteiger partial charge in [0.05, 0.1) is 10.8 Å². The Balaban J connectivity index is 1.97. The van der Waals surface area contributed by atoms with Crippen LogP contribution in [0.1, 0.15) is 16.6 Å². The summed E-state index contributed by atoms with van der Waals surface area (Å²) in [5.41, 5.74) is 2.86. The molecule has 0 amide bonds. The molecule has 21 heavy (non-hydrogen) atoms. The second-order valence-electron chi connectivity index (χ2n) is 4.84. The van der Waals surface area contributed by atoms with Crippen molar-refractivity contribution in [1.29, 1.82) is 0 Å². The molecule has 6 heteroatoms. The molecular weight excluding hydrogens is 343 g/mol. The Kier molecular flexibility index (Phi) is 4.99. The van der Waals surface area contributed by atoms with E-state index in [1.165, 1.54) is 11.3 Å². The van der Waals surface area contributed by atoms with Gasteiger partial charge in [0.2, 0.25) is 0 Å². The minimum absolute atomic E-state index is 0.283. The van der Waals surface area contributed by atoms with Crippen molar-refractivity contribution >= 4 is 46.7 Å². The van der Waals surface area contributed by atoms with Crippen LogP contribution in [0.25, 0.3) is 11.1 Å². The van der Waals surface area contributed by atoms with E-state index >= 15 is 0 Å². The van der Waals surface area contributed by atoms with Gasteiger partial charge in [-0.2, -0.15) is 11.8 Å². The van der Waals surface area contributed by atoms with E-state index in [9.17, 15) is 0 Å². The average Bonchev–Trinajstić information content (AvgIpc) is 2.49. The van der Waals surface area contributed by atoms with Gasteiger partial charge in [-0.25, -0.2) is 9.97 Å². The van der Waals surface area contributed by atoms with E-state index in [0.717, 1.165) is 28.5 Å². The van der Waals surface area contributed by atoms with Gasteiger partial charge < -0.3 is 0 Å². The predicted molar refractivity (Wildman–Crippen MR) is 94.7 cm³/mol. The van der Waals surface area contributed by atoms with Crippen LogP contribution in [-0.2, 0) is 0 Å². The van der Waals surface area contributed by atoms with Crippen LogP contribution in [0.5, 0.6) is 0 Å². The molecular formula is C15H14Cl2N2S2. The summed E-state index contributed by atoms with van der Waals surface area (Å²) in [6.07, 6.45) is 0. The van der Waals surface area contributed by atoms with Crippen LogP contribution in [0.3, 0.4) is 0 Å². The summed E-state index contributed by atoms with van der Waals surface area (Å²) < 4.78 is 0. The van der Waals surface area contributed by atoms with E-state index < -0.39 is 0 Å². The molecule has 1 atom stereocenters. The number of aryl methyl sites for hydroxylation is 1. The number of nitrogens with zero attached hydrogens (tertiary/aromatic N) is 2. The molecule has 0 spiro atoms. The zero-order valence-electron chi connectivity index (χ0n) is 11.5. The minimum atomic E-state index is 0.283. The Morgan fingerprint density at radius 1 is 1.05 bits per heavy atom. The molecule has 0 saturated carbocycles. The third-order valence-electron chi connectivity index (χ3n) is 3.28. The third-order valence-corrected chi connectivity index (χ3v) is 6.58. The molecule has 0 bridgehead atoms. The largest absolute Gasteiger partial charge is 0.219 e. The summed E-state index contributed by atoms with van der Waals surface area (Å²) in [5.74, 6) is 4.07. The lowest BCUT2D eigenvalue weighted by atomic mass is 10.1. The zero-order valence-corrected chi connectivity index (χ0v) is 14.6. The van der Waals surface area contributed by atoms with Crippen molar-refractivity contribution in [3.8, 4) is 11.1 Å². The highest BCUT2D eigenvalue weighted by Crippen LogP contribution is 2.39. The van der Waals surface area contributed by atoms with E-state index in [-0.39, 0.29) is 5.25 Å². The maximum atomic E-state index is 6.38. The fraction of sp³-hybridized carbons (Fsp3) is 0.333. The van der Waals surface area contributed by atoms with Gasteiger partial charge in [0.1, 0.15) is 16.1 Å². The first kappa shape index (κ1) is 15.5. The molecule has 1 aliphatic rings. The van der Waals surface area contributed by atoms with Gasteiger partial charge >= 0.3 is 0 Å². The number of hydrogen-bond donors (Lipinski definition) is 0. The van der Waals surface area contributed by atoms with Gasteiger partial charge in [0, 0.05) is 17.3 Å². The summed E-state index contributed by atoms with van der Waals surface area (Å²) in [6, 6.07) is 8.06. The first-order chi connectivity index (χ1) is 10.1. The monoisotopic (exact) mass is 356 g/mol. The van der Waals surface area contributed by atoms with Gasteiger partial charge in [-0.05, 0) is 12.5 Å². The first-order valence-electron chi connectivity index (χ1n) is 6.64. The highest BCUT2D eigenvalue weighted by atomic mass is 35.5. The third kappa shape index (κ3) is 3.50. The van der Waals surface area contributed by atoms with Crippen LogP contribution in [-0.4, -0.2) is 27.2 Å². The molecule has 0 radical (unpaired) electrons. The van der Waals surface area contributed by atoms with Crippen molar-refractivity contribution in [2.75, 3.05) is 17.3 Å². The number of aromatic nitrogens is 2. The zero-order chi connectivity index (χ0) is 14.8. The second-order valence-corrected chi connectivity index (χ2v) is 8.02. The lowest BCUT2D eigenvalue weighted by Crippen LogP contribution is -2.11. The van der Waals surface area contributed by atoms with Crippen molar-refractivity contribution in [3.63, 3.8) is 0 Å². The Bertz CT molecular complexity index is 618. The van der Waals surface area contributed by atoms with Gasteiger partial charge in [0.15, 0.2) is 0 Å². The van der Waals surface area contributed by atoms with Crippen LogP contribution >= 0.6 is 46.7 Å². The molecule has 110 valence electrons. The summed E-state index contributed by atoms with van der Waals surface area (Å²) in [4.78, 5) is 8.98. The molecule has 1 fully saturated rings. The van der Waals surface area contributed by atoms with Gasteiger partial charge in [-0.1, -0.05) is 53.0 Å². The lowest BCUT2D eigenvalue weighted by molar-refractivity contribution is 0.925. The lowest BCUT2D eigenvalue weighted by Gasteiger charge is -2.20. The van der Waals surface area contributed by atoms with Gasteiger partial charge in [0.25, 0.3) is 0 Å². The molecule has 1 aromatic heterocycles. The van der Waals surface area contributed by atoms with Crippen LogP contribution in [0.4, 0.5) is 0 Å². The number of hydrogen-bond acceptors (Lipinski definition) is 4. The molecule has 1 saturated heterocycles. The average molecular weight is 357 g/mol. The van der Waals surface area contributed by atoms with E-state index in [1.54, 1.807) is 0 Å². The Morgan fingerprint density at radius 3 is 2.29 bits per heavy atom. The van der Waals surface area contributed by atoms with Crippen molar-refractivity contribution < 1.29 is 0 Å². The SMILES string of the molecule is Cc1ccc(-c2c(Cl)nc(C3CSCCS3)nc2Cl)cc1. The number of rotatable bonds is 2. The molecule has 3 rings (SSSR count). The number of thioether (sulfide) groups is 2. The van der Waals surface area contributed by atoms with Crippen LogP contribution in [0.15, 0.2) is 24.3 Å². The predicted octanol–water partition coefficient (Wildman–Crippen LogP) is 5.28. The molecule has 1 aliphatic heterocycles. The highest BCUT2D eigenvalue weighted by molar-refractivity contribution is 8.06. The smallest absolute Gasteiger partial charge is 0.145 e. The normalized spacial score (nSPS) is 18.7. The van der Waals surface area contributed by atoms with Crippen molar-refractivity contribution in [3.05, 3.63) is 46.0 Å². The Hall–Kier alpha value is -0.420. The fourth-order valence-electron chi connectivity index (χ4n) is 2.16. The van der Waals surface area contributed by atoms with Crippen LogP contribution < -0.4 is 0 Å². The standard InChI is InChI=1S/C15H14Cl2N2S2/c1-9-2-4-10(5-3-9)12-13(16)18-15(19-14(12)17)11-8-20-6-7-21-11/h2-5,11H,6-8H2,1H3. The molecule has 2 nitrogen and oxygen atoms in total. The summed E-state index contributed by atoms with van der Waals surface area (Å²) >= 11 is 16.6. The summed E-state index contributed by atoms with van der Waals surface area (Å²) in [5, 5.41) is 1.15. The van der Waals surface area contributed by atoms with Gasteiger partial charge in [-0.3, -0.25) is 0 Å². The Morgan fingerprint density at radius 2 is 1.71 bits per heavy atom. The van der Waals surface area contributed by atoms with Gasteiger partial charge in [-0.15, -0.1) is 11.8 Å². The summed E-state index contributed by atoms with van der Waals surface area (Å²) in [6.45, 7) is 2.05. The fourth-order valence-corrected chi connectivity index (χ4v) is 5.38. The molecule has 0 aliphatic carbocycles. The Labute approximate surface area is 143 Å². The topological polar surface area (TPSA) is 25.8 Å². The van der Waals surface area contributed by atoms with Crippen molar-refractivity contribution in [2.24, 2.45) is 0 Å². The maximum absolute atomic E-state index is 6.38. The molecule has 1 aromatic carbocycles. The quantitative estimate of drug-likeness (QED) is 0.683. The molecule has 0 N–H and O–H groups in total. The molecule has 2 aromatic rings. The second kappa shape index (κ2) is 6.78. The minimum Gasteiger partial charge on any atom is -0.219 e. The van der Waals surface area contributed by atoms with Crippen LogP contribution in [0, 0.1) is 6.92 Å². The maximum Gasteiger partial charge on any atom is 0.145 e. The van der Waals surface area contributed by atoms with E-state index in [2.05, 4.69) is 9.97 Å². The number of halogens is 2. The number of benzene rings is 1. The van der Waals surface area contributed by atoms with Crippen molar-refractivity contribution in [2.45, 2.75) is 12.2 Å². The van der Waals surface area contributed by atoms with Crippen molar-refractivity contribution in [1.82, 2.24) is 9.97 Å². The van der Waals surface area contributed by atoms with E-state index in [1.807, 2.05) is 54.7 Å². The molecule has 2 heterocycles.